The van der Waals surface area contributed by atoms with Gasteiger partial charge in [-0.2, -0.15) is 4.98 Å². The monoisotopic (exact) mass is 237 g/mol. The van der Waals surface area contributed by atoms with Crippen molar-refractivity contribution in [3.05, 3.63) is 35.6 Å². The van der Waals surface area contributed by atoms with E-state index in [1.165, 1.54) is 0 Å². The highest BCUT2D eigenvalue weighted by molar-refractivity contribution is 6.30. The van der Waals surface area contributed by atoms with Gasteiger partial charge in [-0.3, -0.25) is 0 Å². The molecule has 0 aliphatic carbocycles. The lowest BCUT2D eigenvalue weighted by molar-refractivity contribution is 0.426. The van der Waals surface area contributed by atoms with Crippen LogP contribution in [0.2, 0.25) is 5.02 Å². The van der Waals surface area contributed by atoms with Crippen LogP contribution < -0.4 is 4.74 Å². The van der Waals surface area contributed by atoms with Crippen molar-refractivity contribution in [1.82, 2.24) is 14.8 Å². The Labute approximate surface area is 98.8 Å². The van der Waals surface area contributed by atoms with Gasteiger partial charge < -0.3 is 4.74 Å². The molecule has 2 aromatic rings. The van der Waals surface area contributed by atoms with Gasteiger partial charge in [0.1, 0.15) is 12.1 Å². The number of halogens is 1. The van der Waals surface area contributed by atoms with Crippen molar-refractivity contribution in [3.63, 3.8) is 0 Å². The van der Waals surface area contributed by atoms with Crippen molar-refractivity contribution >= 4 is 11.6 Å². The number of benzene rings is 1. The Kier molecular flexibility index (Phi) is 3.10. The maximum absolute atomic E-state index is 5.77. The van der Waals surface area contributed by atoms with Crippen LogP contribution in [0.1, 0.15) is 19.9 Å². The third-order valence-corrected chi connectivity index (χ3v) is 2.29. The quantitative estimate of drug-likeness (QED) is 0.822. The molecule has 0 aliphatic rings. The lowest BCUT2D eigenvalue weighted by Crippen LogP contribution is -2.00. The van der Waals surface area contributed by atoms with E-state index < -0.39 is 0 Å². The Morgan fingerprint density at radius 1 is 1.25 bits per heavy atom. The Morgan fingerprint density at radius 3 is 2.50 bits per heavy atom. The summed E-state index contributed by atoms with van der Waals surface area (Å²) in [5.41, 5.74) is 0. The predicted molar refractivity (Wildman–Crippen MR) is 61.9 cm³/mol. The first-order valence-electron chi connectivity index (χ1n) is 5.00. The molecule has 0 saturated heterocycles. The molecule has 0 fully saturated rings. The number of hydrogen-bond donors (Lipinski definition) is 0. The Balaban J connectivity index is 2.11. The van der Waals surface area contributed by atoms with Crippen molar-refractivity contribution < 1.29 is 4.74 Å². The largest absolute Gasteiger partial charge is 0.423 e. The zero-order valence-corrected chi connectivity index (χ0v) is 9.85. The van der Waals surface area contributed by atoms with E-state index in [1.54, 1.807) is 35.3 Å². The van der Waals surface area contributed by atoms with Crippen LogP contribution >= 0.6 is 11.6 Å². The first kappa shape index (κ1) is 11.0. The van der Waals surface area contributed by atoms with E-state index in [0.29, 0.717) is 16.8 Å². The van der Waals surface area contributed by atoms with Gasteiger partial charge in [-0.05, 0) is 38.1 Å². The summed E-state index contributed by atoms with van der Waals surface area (Å²) >= 11 is 5.77. The van der Waals surface area contributed by atoms with Crippen LogP contribution in [0.3, 0.4) is 0 Å². The fourth-order valence-electron chi connectivity index (χ4n) is 1.16. The molecule has 0 spiro atoms. The molecule has 0 amide bonds. The van der Waals surface area contributed by atoms with E-state index in [2.05, 4.69) is 10.1 Å². The second-order valence-corrected chi connectivity index (χ2v) is 4.09. The topological polar surface area (TPSA) is 39.9 Å². The molecule has 0 bridgehead atoms. The van der Waals surface area contributed by atoms with Gasteiger partial charge in [0.05, 0.1) is 0 Å². The number of rotatable bonds is 3. The van der Waals surface area contributed by atoms with Crippen molar-refractivity contribution in [3.8, 4) is 11.8 Å². The molecule has 0 atom stereocenters. The molecule has 0 unspecified atom stereocenters. The third kappa shape index (κ3) is 2.52. The molecule has 2 rings (SSSR count). The zero-order chi connectivity index (χ0) is 11.5. The smallest absolute Gasteiger partial charge is 0.340 e. The van der Waals surface area contributed by atoms with Gasteiger partial charge in [-0.25, -0.2) is 4.68 Å². The van der Waals surface area contributed by atoms with Crippen LogP contribution in [0.15, 0.2) is 30.6 Å². The van der Waals surface area contributed by atoms with E-state index in [4.69, 9.17) is 16.3 Å². The highest BCUT2D eigenvalue weighted by Gasteiger charge is 2.05. The Morgan fingerprint density at radius 2 is 1.94 bits per heavy atom. The van der Waals surface area contributed by atoms with Crippen molar-refractivity contribution in [2.45, 2.75) is 19.9 Å². The van der Waals surface area contributed by atoms with Crippen LogP contribution in [0, 0.1) is 0 Å². The number of hydrogen-bond acceptors (Lipinski definition) is 3. The minimum Gasteiger partial charge on any atom is -0.423 e. The molecule has 4 nitrogen and oxygen atoms in total. The SMILES string of the molecule is CC(C)n1cnc(Oc2ccc(Cl)cc2)n1. The van der Waals surface area contributed by atoms with Crippen molar-refractivity contribution in [2.75, 3.05) is 0 Å². The molecule has 1 aromatic carbocycles. The van der Waals surface area contributed by atoms with Gasteiger partial charge in [0.15, 0.2) is 0 Å². The maximum Gasteiger partial charge on any atom is 0.340 e. The zero-order valence-electron chi connectivity index (χ0n) is 9.09. The molecule has 0 N–H and O–H groups in total. The summed E-state index contributed by atoms with van der Waals surface area (Å²) in [6.07, 6.45) is 1.65. The maximum atomic E-state index is 5.77. The summed E-state index contributed by atoms with van der Waals surface area (Å²) in [6, 6.07) is 7.69. The van der Waals surface area contributed by atoms with Gasteiger partial charge >= 0.3 is 6.01 Å². The normalized spacial score (nSPS) is 10.8. The minimum atomic E-state index is 0.273. The van der Waals surface area contributed by atoms with Crippen LogP contribution in [-0.4, -0.2) is 14.8 Å². The molecule has 16 heavy (non-hydrogen) atoms. The van der Waals surface area contributed by atoms with Gasteiger partial charge in [-0.15, -0.1) is 5.10 Å². The summed E-state index contributed by atoms with van der Waals surface area (Å²) in [5.74, 6) is 0.672. The molecule has 0 saturated carbocycles. The molecular weight excluding hydrogens is 226 g/mol. The Bertz CT molecular complexity index is 464. The van der Waals surface area contributed by atoms with E-state index >= 15 is 0 Å². The minimum absolute atomic E-state index is 0.273. The van der Waals surface area contributed by atoms with E-state index in [-0.39, 0.29) is 6.04 Å². The summed E-state index contributed by atoms with van der Waals surface area (Å²) in [6.45, 7) is 4.06. The van der Waals surface area contributed by atoms with Crippen LogP contribution in [0.25, 0.3) is 0 Å². The first-order valence-corrected chi connectivity index (χ1v) is 5.37. The van der Waals surface area contributed by atoms with Gasteiger partial charge in [-0.1, -0.05) is 11.6 Å². The van der Waals surface area contributed by atoms with E-state index in [1.807, 2.05) is 13.8 Å². The molecule has 0 aliphatic heterocycles. The highest BCUT2D eigenvalue weighted by atomic mass is 35.5. The predicted octanol–water partition coefficient (Wildman–Crippen LogP) is 3.30. The molecule has 1 heterocycles. The van der Waals surface area contributed by atoms with Gasteiger partial charge in [0, 0.05) is 11.1 Å². The first-order chi connectivity index (χ1) is 7.65. The van der Waals surface area contributed by atoms with E-state index in [0.717, 1.165) is 0 Å². The van der Waals surface area contributed by atoms with Gasteiger partial charge in [0.25, 0.3) is 0 Å². The van der Waals surface area contributed by atoms with Crippen molar-refractivity contribution in [2.24, 2.45) is 0 Å². The number of ether oxygens (including phenoxy) is 1. The second kappa shape index (κ2) is 4.53. The molecule has 1 aromatic heterocycles. The van der Waals surface area contributed by atoms with Gasteiger partial charge in [0.2, 0.25) is 0 Å². The summed E-state index contributed by atoms with van der Waals surface area (Å²) in [7, 11) is 0. The van der Waals surface area contributed by atoms with E-state index in [9.17, 15) is 0 Å². The second-order valence-electron chi connectivity index (χ2n) is 3.66. The van der Waals surface area contributed by atoms with Crippen LogP contribution in [0.4, 0.5) is 0 Å². The summed E-state index contributed by atoms with van der Waals surface area (Å²) in [5, 5.41) is 4.85. The number of aromatic nitrogens is 3. The highest BCUT2D eigenvalue weighted by Crippen LogP contribution is 2.20. The average molecular weight is 238 g/mol. The summed E-state index contributed by atoms with van der Waals surface area (Å²) < 4.78 is 7.20. The molecule has 84 valence electrons. The third-order valence-electron chi connectivity index (χ3n) is 2.04. The average Bonchev–Trinajstić information content (AvgIpc) is 2.70. The fourth-order valence-corrected chi connectivity index (χ4v) is 1.29. The summed E-state index contributed by atoms with van der Waals surface area (Å²) in [4.78, 5) is 4.05. The molecular formula is C11H12ClN3O. The molecule has 5 heteroatoms. The standard InChI is InChI=1S/C11H12ClN3O/c1-8(2)15-7-13-11(14-15)16-10-5-3-9(12)4-6-10/h3-8H,1-2H3. The molecule has 0 radical (unpaired) electrons. The lowest BCUT2D eigenvalue weighted by Gasteiger charge is -2.02. The number of nitrogens with zero attached hydrogens (tertiary/aromatic N) is 3. The van der Waals surface area contributed by atoms with Crippen molar-refractivity contribution in [1.29, 1.82) is 0 Å². The Hall–Kier alpha value is -1.55. The van der Waals surface area contributed by atoms with Crippen LogP contribution in [-0.2, 0) is 0 Å². The van der Waals surface area contributed by atoms with Crippen LogP contribution in [0.5, 0.6) is 11.8 Å². The fraction of sp³-hybridized carbons (Fsp3) is 0.273. The lowest BCUT2D eigenvalue weighted by atomic mass is 10.3.